The summed E-state index contributed by atoms with van der Waals surface area (Å²) >= 11 is 0. The average molecular weight is 300 g/mol. The number of hydrogen-bond donors (Lipinski definition) is 1. The van der Waals surface area contributed by atoms with Gasteiger partial charge >= 0.3 is 0 Å². The monoisotopic (exact) mass is 300 g/mol. The van der Waals surface area contributed by atoms with E-state index in [0.717, 1.165) is 24.4 Å². The van der Waals surface area contributed by atoms with Crippen LogP contribution in [0.5, 0.6) is 0 Å². The molecule has 0 radical (unpaired) electrons. The lowest BCUT2D eigenvalue weighted by molar-refractivity contribution is 0.0948. The maximum Gasteiger partial charge on any atom is 0.271 e. The molecule has 2 aromatic heterocycles. The minimum absolute atomic E-state index is 0.123. The van der Waals surface area contributed by atoms with E-state index in [2.05, 4.69) is 22.2 Å². The van der Waals surface area contributed by atoms with Crippen molar-refractivity contribution < 1.29 is 4.79 Å². The van der Waals surface area contributed by atoms with Crippen LogP contribution in [0.3, 0.4) is 0 Å². The number of pyridine rings is 1. The van der Waals surface area contributed by atoms with Crippen LogP contribution >= 0.6 is 0 Å². The summed E-state index contributed by atoms with van der Waals surface area (Å²) in [5.74, 6) is 0.646. The van der Waals surface area contributed by atoms with E-state index in [1.54, 1.807) is 17.1 Å². The fourth-order valence-electron chi connectivity index (χ4n) is 2.26. The van der Waals surface area contributed by atoms with Crippen LogP contribution in [0.25, 0.3) is 5.82 Å². The van der Waals surface area contributed by atoms with Crippen molar-refractivity contribution in [2.45, 2.75) is 46.0 Å². The average Bonchev–Trinajstić information content (AvgIpc) is 3.00. The molecular formula is C17H24N4O. The van der Waals surface area contributed by atoms with Gasteiger partial charge in [-0.1, -0.05) is 38.7 Å². The van der Waals surface area contributed by atoms with E-state index >= 15 is 0 Å². The number of nitrogens with one attached hydrogen (secondary N) is 1. The second-order valence-corrected chi connectivity index (χ2v) is 5.47. The minimum atomic E-state index is -0.123. The van der Waals surface area contributed by atoms with E-state index < -0.39 is 0 Å². The molecule has 2 rings (SSSR count). The summed E-state index contributed by atoms with van der Waals surface area (Å²) in [4.78, 5) is 20.6. The van der Waals surface area contributed by atoms with Crippen LogP contribution in [0.1, 0.15) is 55.2 Å². The minimum Gasteiger partial charge on any atom is -0.351 e. The molecule has 22 heavy (non-hydrogen) atoms. The van der Waals surface area contributed by atoms with Crippen molar-refractivity contribution >= 4 is 5.91 Å². The second-order valence-electron chi connectivity index (χ2n) is 5.47. The van der Waals surface area contributed by atoms with Crippen molar-refractivity contribution in [1.29, 1.82) is 0 Å². The van der Waals surface area contributed by atoms with Crippen LogP contribution in [-0.4, -0.2) is 27.0 Å². The van der Waals surface area contributed by atoms with Gasteiger partial charge in [0.05, 0.1) is 0 Å². The van der Waals surface area contributed by atoms with Gasteiger partial charge in [-0.15, -0.1) is 0 Å². The van der Waals surface area contributed by atoms with Gasteiger partial charge in [-0.3, -0.25) is 9.36 Å². The number of imidazole rings is 1. The van der Waals surface area contributed by atoms with Crippen LogP contribution in [0, 0.1) is 6.92 Å². The standard InChI is InChI=1S/C17H24N4O/c1-3-4-5-6-7-11-18-17(22)15-12-21(13-19-15)16-10-8-9-14(2)20-16/h8-10,12-13H,3-7,11H2,1-2H3,(H,18,22). The molecule has 2 heterocycles. The van der Waals surface area contributed by atoms with Crippen molar-refractivity contribution in [2.75, 3.05) is 6.54 Å². The number of unbranched alkanes of at least 4 members (excludes halogenated alkanes) is 4. The van der Waals surface area contributed by atoms with Gasteiger partial charge in [0.15, 0.2) is 0 Å². The number of carbonyl (C=O) groups is 1. The molecule has 0 atom stereocenters. The van der Waals surface area contributed by atoms with Crippen molar-refractivity contribution in [3.63, 3.8) is 0 Å². The Bertz CT molecular complexity index is 606. The molecule has 1 N–H and O–H groups in total. The first-order chi connectivity index (χ1) is 10.7. The van der Waals surface area contributed by atoms with Crippen LogP contribution in [0.4, 0.5) is 0 Å². The van der Waals surface area contributed by atoms with Gasteiger partial charge in [-0.25, -0.2) is 9.97 Å². The molecule has 0 fully saturated rings. The Labute approximate surface area is 131 Å². The zero-order valence-electron chi connectivity index (χ0n) is 13.4. The highest BCUT2D eigenvalue weighted by molar-refractivity contribution is 5.92. The van der Waals surface area contributed by atoms with E-state index in [9.17, 15) is 4.79 Å². The number of carbonyl (C=O) groups excluding carboxylic acids is 1. The Balaban J connectivity index is 1.84. The first-order valence-electron chi connectivity index (χ1n) is 7.97. The summed E-state index contributed by atoms with van der Waals surface area (Å²) in [7, 11) is 0. The quantitative estimate of drug-likeness (QED) is 0.761. The highest BCUT2D eigenvalue weighted by Gasteiger charge is 2.09. The van der Waals surface area contributed by atoms with E-state index in [1.165, 1.54) is 19.3 Å². The normalized spacial score (nSPS) is 10.6. The fraction of sp³-hybridized carbons (Fsp3) is 0.471. The number of hydrogen-bond acceptors (Lipinski definition) is 3. The first kappa shape index (κ1) is 16.2. The summed E-state index contributed by atoms with van der Waals surface area (Å²) in [5, 5.41) is 2.92. The Morgan fingerprint density at radius 2 is 2.05 bits per heavy atom. The number of aryl methyl sites for hydroxylation is 1. The lowest BCUT2D eigenvalue weighted by Gasteiger charge is -2.03. The summed E-state index contributed by atoms with van der Waals surface area (Å²) in [6.45, 7) is 4.84. The van der Waals surface area contributed by atoms with Crippen molar-refractivity contribution in [2.24, 2.45) is 0 Å². The predicted octanol–water partition coefficient (Wildman–Crippen LogP) is 3.28. The largest absolute Gasteiger partial charge is 0.351 e. The predicted molar refractivity (Wildman–Crippen MR) is 87.2 cm³/mol. The van der Waals surface area contributed by atoms with Crippen LogP contribution < -0.4 is 5.32 Å². The molecule has 1 amide bonds. The molecule has 0 aromatic carbocycles. The van der Waals surface area contributed by atoms with E-state index in [-0.39, 0.29) is 5.91 Å². The molecule has 0 aliphatic rings. The van der Waals surface area contributed by atoms with Crippen molar-refractivity contribution in [3.8, 4) is 5.82 Å². The molecule has 5 nitrogen and oxygen atoms in total. The topological polar surface area (TPSA) is 59.8 Å². The van der Waals surface area contributed by atoms with E-state index in [1.807, 2.05) is 25.1 Å². The molecular weight excluding hydrogens is 276 g/mol. The molecule has 0 unspecified atom stereocenters. The second kappa shape index (κ2) is 8.32. The summed E-state index contributed by atoms with van der Waals surface area (Å²) in [5.41, 5.74) is 1.36. The zero-order chi connectivity index (χ0) is 15.8. The van der Waals surface area contributed by atoms with Gasteiger partial charge in [-0.2, -0.15) is 0 Å². The summed E-state index contributed by atoms with van der Waals surface area (Å²) in [6, 6.07) is 5.77. The smallest absolute Gasteiger partial charge is 0.271 e. The Morgan fingerprint density at radius 3 is 2.82 bits per heavy atom. The van der Waals surface area contributed by atoms with Gasteiger partial charge < -0.3 is 5.32 Å². The maximum absolute atomic E-state index is 12.0. The molecule has 0 bridgehead atoms. The van der Waals surface area contributed by atoms with E-state index in [0.29, 0.717) is 12.2 Å². The molecule has 0 saturated carbocycles. The lowest BCUT2D eigenvalue weighted by atomic mass is 10.1. The van der Waals surface area contributed by atoms with Crippen molar-refractivity contribution in [3.05, 3.63) is 42.1 Å². The Kier molecular flexibility index (Phi) is 6.13. The number of aromatic nitrogens is 3. The Hall–Kier alpha value is -2.17. The molecule has 0 aliphatic carbocycles. The van der Waals surface area contributed by atoms with Crippen LogP contribution in [0.2, 0.25) is 0 Å². The molecule has 118 valence electrons. The first-order valence-corrected chi connectivity index (χ1v) is 7.97. The third-order valence-corrected chi connectivity index (χ3v) is 3.52. The third-order valence-electron chi connectivity index (χ3n) is 3.52. The molecule has 5 heteroatoms. The molecule has 0 spiro atoms. The number of rotatable bonds is 8. The fourth-order valence-corrected chi connectivity index (χ4v) is 2.26. The van der Waals surface area contributed by atoms with Crippen LogP contribution in [0.15, 0.2) is 30.7 Å². The highest BCUT2D eigenvalue weighted by atomic mass is 16.1. The maximum atomic E-state index is 12.0. The lowest BCUT2D eigenvalue weighted by Crippen LogP contribution is -2.24. The SMILES string of the molecule is CCCCCCCNC(=O)c1cn(-c2cccc(C)n2)cn1. The summed E-state index contributed by atoms with van der Waals surface area (Å²) in [6.07, 6.45) is 9.26. The Morgan fingerprint density at radius 1 is 1.23 bits per heavy atom. The van der Waals surface area contributed by atoms with Gasteiger partial charge in [-0.05, 0) is 25.5 Å². The van der Waals surface area contributed by atoms with Gasteiger partial charge in [0.25, 0.3) is 5.91 Å². The van der Waals surface area contributed by atoms with E-state index in [4.69, 9.17) is 0 Å². The number of nitrogens with zero attached hydrogens (tertiary/aromatic N) is 3. The van der Waals surface area contributed by atoms with Crippen molar-refractivity contribution in [1.82, 2.24) is 19.9 Å². The third kappa shape index (κ3) is 4.69. The highest BCUT2D eigenvalue weighted by Crippen LogP contribution is 2.07. The summed E-state index contributed by atoms with van der Waals surface area (Å²) < 4.78 is 1.77. The van der Waals surface area contributed by atoms with Gasteiger partial charge in [0.2, 0.25) is 0 Å². The molecule has 0 aliphatic heterocycles. The van der Waals surface area contributed by atoms with Crippen LogP contribution in [-0.2, 0) is 0 Å². The van der Waals surface area contributed by atoms with Gasteiger partial charge in [0.1, 0.15) is 17.8 Å². The number of amides is 1. The zero-order valence-corrected chi connectivity index (χ0v) is 13.4. The molecule has 2 aromatic rings. The molecule has 0 saturated heterocycles. The van der Waals surface area contributed by atoms with Gasteiger partial charge in [0, 0.05) is 18.4 Å².